The van der Waals surface area contributed by atoms with Crippen LogP contribution in [0, 0.1) is 40.9 Å². The molecule has 10 rings (SSSR count). The van der Waals surface area contributed by atoms with Crippen molar-refractivity contribution in [2.45, 2.75) is 244 Å². The third-order valence-corrected chi connectivity index (χ3v) is 22.7. The van der Waals surface area contributed by atoms with Crippen LogP contribution in [0.5, 0.6) is 5.88 Å². The minimum absolute atomic E-state index is 0.152. The van der Waals surface area contributed by atoms with Crippen LogP contribution in [0.4, 0.5) is 0 Å². The summed E-state index contributed by atoms with van der Waals surface area (Å²) in [5, 5.41) is 0. The standard InChI is InChI=1S/C17H26N2O2.2C17H26N2O.2C16H24N2O/c1-13(2)19-9-7-17(3,8-10-19)15(20)11-14-5-6-16(21-4)18-12-14;1-13(2)19-9-7-17(4,8-10-19)16(20)11-15-6-5-14(3)18-12-15;1-13(2)19-9-7-17(4,8-10-19)16(20)11-15-6-5-14(3)12-18-15;1-13(2)18-9-6-16(3,7-10-18)15(19)11-14-5-4-8-17-12-14;1-13(2)18-10-7-16(3,8-11-18)15(19)12-14-6-4-5-9-17-14/h5-6,12-13H,7-11H2,1-4H3;2*5-6,12-13H,7-11H2,1-4H3;4-5,8,12-13H,6-7,9-11H2,1-3H3;4-6,9,13H,7-8,10-12H2,1-3H3. The van der Waals surface area contributed by atoms with Crippen LogP contribution in [0.3, 0.4) is 0 Å². The van der Waals surface area contributed by atoms with Crippen LogP contribution >= 0.6 is 0 Å². The van der Waals surface area contributed by atoms with Gasteiger partial charge in [-0.05, 0) is 265 Å². The van der Waals surface area contributed by atoms with E-state index in [0.29, 0.717) is 97.1 Å². The lowest BCUT2D eigenvalue weighted by molar-refractivity contribution is -0.130. The van der Waals surface area contributed by atoms with Crippen LogP contribution in [-0.4, -0.2) is 181 Å². The predicted octanol–water partition coefficient (Wildman–Crippen LogP) is 14.1. The van der Waals surface area contributed by atoms with Crippen molar-refractivity contribution in [3.8, 4) is 5.88 Å². The van der Waals surface area contributed by atoms with Gasteiger partial charge in [-0.15, -0.1) is 0 Å². The molecule has 99 heavy (non-hydrogen) atoms. The SMILES string of the molecule is CC(C)N1CCC(C)(C(=O)Cc2ccccn2)CC1.CC(C)N1CCC(C)(C(=O)Cc2cccnc2)CC1.COc1ccc(CC(=O)C2(C)CCN(C(C)C)CC2)cn1.Cc1ccc(CC(=O)C2(C)CCN(C(C)C)CC2)cn1.Cc1ccc(CC(=O)C2(C)CCN(C(C)C)CC2)nc1. The van der Waals surface area contributed by atoms with E-state index in [0.717, 1.165) is 169 Å². The van der Waals surface area contributed by atoms with Gasteiger partial charge in [0.05, 0.1) is 7.11 Å². The molecule has 5 aliphatic heterocycles. The molecule has 0 atom stereocenters. The molecule has 0 N–H and O–H groups in total. The molecule has 5 aromatic heterocycles. The topological polar surface area (TPSA) is 175 Å². The molecule has 16 heteroatoms. The van der Waals surface area contributed by atoms with Gasteiger partial charge < -0.3 is 29.2 Å². The van der Waals surface area contributed by atoms with Crippen LogP contribution in [0.1, 0.15) is 207 Å². The Morgan fingerprint density at radius 2 is 0.707 bits per heavy atom. The van der Waals surface area contributed by atoms with E-state index in [9.17, 15) is 24.0 Å². The molecular weight excluding hydrogens is 1230 g/mol. The average Bonchev–Trinajstić information content (AvgIpc) is 0.876. The van der Waals surface area contributed by atoms with Gasteiger partial charge in [0.15, 0.2) is 0 Å². The largest absolute Gasteiger partial charge is 0.481 e. The number of carbonyl (C=O) groups excluding carboxylic acids is 5. The van der Waals surface area contributed by atoms with Gasteiger partial charge >= 0.3 is 0 Å². The van der Waals surface area contributed by atoms with Crippen molar-refractivity contribution >= 4 is 28.9 Å². The first-order valence-electron chi connectivity index (χ1n) is 37.3. The van der Waals surface area contributed by atoms with Gasteiger partial charge in [0.1, 0.15) is 28.9 Å². The van der Waals surface area contributed by atoms with E-state index in [1.165, 1.54) is 0 Å². The Bertz CT molecular complexity index is 3070. The molecule has 10 heterocycles. The first-order chi connectivity index (χ1) is 46.8. The lowest BCUT2D eigenvalue weighted by Crippen LogP contribution is -2.45. The van der Waals surface area contributed by atoms with Gasteiger partial charge in [-0.1, -0.05) is 65.0 Å². The molecule has 0 spiro atoms. The van der Waals surface area contributed by atoms with Crippen LogP contribution in [0.2, 0.25) is 0 Å². The smallest absolute Gasteiger partial charge is 0.212 e. The van der Waals surface area contributed by atoms with Gasteiger partial charge in [0, 0.05) is 150 Å². The van der Waals surface area contributed by atoms with Crippen LogP contribution in [0.15, 0.2) is 104 Å². The van der Waals surface area contributed by atoms with Crippen molar-refractivity contribution in [1.29, 1.82) is 0 Å². The number of likely N-dealkylation sites (tertiary alicyclic amines) is 5. The van der Waals surface area contributed by atoms with Crippen molar-refractivity contribution in [2.24, 2.45) is 27.1 Å². The Kier molecular flexibility index (Phi) is 31.4. The van der Waals surface area contributed by atoms with Crippen LogP contribution in [0.25, 0.3) is 0 Å². The summed E-state index contributed by atoms with van der Waals surface area (Å²) in [4.78, 5) is 96.3. The lowest BCUT2D eigenvalue weighted by atomic mass is 9.75. The molecule has 5 fully saturated rings. The second kappa shape index (κ2) is 38.1. The fourth-order valence-electron chi connectivity index (χ4n) is 13.9. The van der Waals surface area contributed by atoms with Gasteiger partial charge in [-0.25, -0.2) is 4.98 Å². The molecule has 16 nitrogen and oxygen atoms in total. The number of pyridine rings is 5. The molecule has 5 saturated heterocycles. The van der Waals surface area contributed by atoms with Crippen molar-refractivity contribution < 1.29 is 28.7 Å². The zero-order valence-corrected chi connectivity index (χ0v) is 64.3. The molecule has 544 valence electrons. The highest BCUT2D eigenvalue weighted by Gasteiger charge is 2.41. The molecule has 0 radical (unpaired) electrons. The number of hydrogen-bond donors (Lipinski definition) is 0. The zero-order valence-electron chi connectivity index (χ0n) is 64.3. The number of carbonyl (C=O) groups is 5. The molecule has 0 bridgehead atoms. The molecule has 5 aromatic rings. The maximum absolute atomic E-state index is 12.6. The first kappa shape index (κ1) is 81.7. The van der Waals surface area contributed by atoms with E-state index in [4.69, 9.17) is 4.74 Å². The Hall–Kier alpha value is -6.30. The second-order valence-electron chi connectivity index (χ2n) is 32.0. The Morgan fingerprint density at radius 3 is 0.980 bits per heavy atom. The van der Waals surface area contributed by atoms with E-state index in [-0.39, 0.29) is 27.1 Å². The average molecular weight is 1360 g/mol. The van der Waals surface area contributed by atoms with Crippen molar-refractivity contribution in [3.05, 3.63) is 143 Å². The van der Waals surface area contributed by atoms with E-state index in [1.807, 2.05) is 93.0 Å². The number of rotatable bonds is 21. The van der Waals surface area contributed by atoms with Gasteiger partial charge in [-0.2, -0.15) is 0 Å². The third-order valence-electron chi connectivity index (χ3n) is 22.7. The summed E-state index contributed by atoms with van der Waals surface area (Å²) < 4.78 is 5.04. The summed E-state index contributed by atoms with van der Waals surface area (Å²) in [6.07, 6.45) is 22.8. The summed E-state index contributed by atoms with van der Waals surface area (Å²) in [6, 6.07) is 24.3. The minimum Gasteiger partial charge on any atom is -0.481 e. The zero-order chi connectivity index (χ0) is 72.7. The Balaban J connectivity index is 0.000000195. The van der Waals surface area contributed by atoms with Gasteiger partial charge in [0.25, 0.3) is 0 Å². The van der Waals surface area contributed by atoms with Gasteiger partial charge in [-0.3, -0.25) is 43.9 Å². The lowest BCUT2D eigenvalue weighted by Gasteiger charge is -2.40. The number of hydrogen-bond acceptors (Lipinski definition) is 16. The van der Waals surface area contributed by atoms with Crippen molar-refractivity contribution in [3.63, 3.8) is 0 Å². The number of nitrogens with zero attached hydrogens (tertiary/aromatic N) is 10. The van der Waals surface area contributed by atoms with E-state index in [1.54, 1.807) is 31.9 Å². The molecular formula is C83H126N10O6. The number of piperidine rings is 5. The number of ether oxygens (including phenoxy) is 1. The number of aromatic nitrogens is 5. The normalized spacial score (nSPS) is 19.3. The summed E-state index contributed by atoms with van der Waals surface area (Å²) >= 11 is 0. The monoisotopic (exact) mass is 1360 g/mol. The molecule has 0 saturated carbocycles. The summed E-state index contributed by atoms with van der Waals surface area (Å²) in [6.45, 7) is 47.1. The first-order valence-corrected chi connectivity index (χ1v) is 37.3. The maximum atomic E-state index is 12.6. The highest BCUT2D eigenvalue weighted by atomic mass is 16.5. The number of methoxy groups -OCH3 is 1. The highest BCUT2D eigenvalue weighted by Crippen LogP contribution is 2.38. The molecule has 0 amide bonds. The predicted molar refractivity (Wildman–Crippen MR) is 401 cm³/mol. The quantitative estimate of drug-likeness (QED) is 0.0678. The fraction of sp³-hybridized carbons (Fsp3) is 0.639. The molecule has 0 unspecified atom stereocenters. The maximum Gasteiger partial charge on any atom is 0.212 e. The summed E-state index contributed by atoms with van der Waals surface area (Å²) in [7, 11) is 1.59. The molecule has 5 aliphatic rings. The minimum atomic E-state index is -0.189. The van der Waals surface area contributed by atoms with Crippen molar-refractivity contribution in [1.82, 2.24) is 49.4 Å². The molecule has 0 aliphatic carbocycles. The number of aryl methyl sites for hydroxylation is 2. The fourth-order valence-corrected chi connectivity index (χ4v) is 13.9. The summed E-state index contributed by atoms with van der Waals surface area (Å²) in [5.41, 5.74) is 6.12. The summed E-state index contributed by atoms with van der Waals surface area (Å²) in [5.74, 6) is 2.34. The van der Waals surface area contributed by atoms with E-state index < -0.39 is 0 Å². The van der Waals surface area contributed by atoms with E-state index in [2.05, 4.69) is 153 Å². The third kappa shape index (κ3) is 25.0. The van der Waals surface area contributed by atoms with Crippen molar-refractivity contribution in [2.75, 3.05) is 72.6 Å². The Labute approximate surface area is 597 Å². The highest BCUT2D eigenvalue weighted by molar-refractivity contribution is 5.88. The number of ketones is 5. The van der Waals surface area contributed by atoms with Crippen LogP contribution in [-0.2, 0) is 56.1 Å². The molecule has 0 aromatic carbocycles. The second-order valence-corrected chi connectivity index (χ2v) is 32.0. The van der Waals surface area contributed by atoms with Crippen LogP contribution < -0.4 is 4.74 Å². The van der Waals surface area contributed by atoms with E-state index >= 15 is 0 Å². The Morgan fingerprint density at radius 1 is 0.364 bits per heavy atom. The number of Topliss-reactive ketones (excluding diaryl/α,β-unsaturated/α-hetero) is 5. The van der Waals surface area contributed by atoms with Gasteiger partial charge in [0.2, 0.25) is 5.88 Å².